The average molecular weight is 197 g/mol. The molecular weight excluding hydrogens is 184 g/mol. The van der Waals surface area contributed by atoms with Crippen LogP contribution in [0.1, 0.15) is 19.3 Å². The molecule has 0 spiro atoms. The SMILES string of the molecule is [K+].[O-]CC12CCCN1CC(F)C2. The molecule has 2 aliphatic rings. The number of halogens is 1. The van der Waals surface area contributed by atoms with Crippen LogP contribution in [-0.4, -0.2) is 36.3 Å². The number of alkyl halides is 1. The summed E-state index contributed by atoms with van der Waals surface area (Å²) in [6.07, 6.45) is 1.73. The third-order valence-corrected chi connectivity index (χ3v) is 3.03. The van der Waals surface area contributed by atoms with Gasteiger partial charge in [0.05, 0.1) is 0 Å². The van der Waals surface area contributed by atoms with Crippen molar-refractivity contribution in [2.24, 2.45) is 0 Å². The van der Waals surface area contributed by atoms with E-state index in [1.807, 2.05) is 4.90 Å². The minimum absolute atomic E-state index is 0. The van der Waals surface area contributed by atoms with Crippen molar-refractivity contribution in [3.63, 3.8) is 0 Å². The van der Waals surface area contributed by atoms with E-state index >= 15 is 0 Å². The van der Waals surface area contributed by atoms with Gasteiger partial charge in [0, 0.05) is 12.1 Å². The Labute approximate surface area is 115 Å². The Hall–Kier alpha value is 1.49. The molecule has 2 heterocycles. The van der Waals surface area contributed by atoms with Gasteiger partial charge in [-0.25, -0.2) is 4.39 Å². The zero-order chi connectivity index (χ0) is 7.90. The summed E-state index contributed by atoms with van der Waals surface area (Å²) in [6, 6.07) is 0. The Bertz CT molecular complexity index is 169. The molecule has 2 fully saturated rings. The van der Waals surface area contributed by atoms with Gasteiger partial charge in [0.2, 0.25) is 0 Å². The van der Waals surface area contributed by atoms with Gasteiger partial charge < -0.3 is 5.11 Å². The van der Waals surface area contributed by atoms with Gasteiger partial charge in [0.15, 0.2) is 0 Å². The smallest absolute Gasteiger partial charge is 0.853 e. The van der Waals surface area contributed by atoms with Crippen molar-refractivity contribution in [3.05, 3.63) is 0 Å². The number of fused-ring (bicyclic) bond motifs is 1. The minimum atomic E-state index is -0.746. The van der Waals surface area contributed by atoms with E-state index in [9.17, 15) is 9.50 Å². The van der Waals surface area contributed by atoms with Crippen molar-refractivity contribution in [2.75, 3.05) is 19.7 Å². The number of nitrogens with zero attached hydrogens (tertiary/aromatic N) is 1. The van der Waals surface area contributed by atoms with Crippen LogP contribution in [-0.2, 0) is 0 Å². The molecule has 0 bridgehead atoms. The molecule has 2 unspecified atom stereocenters. The van der Waals surface area contributed by atoms with Gasteiger partial charge >= 0.3 is 51.4 Å². The van der Waals surface area contributed by atoms with Gasteiger partial charge in [-0.2, -0.15) is 0 Å². The molecule has 2 nitrogen and oxygen atoms in total. The minimum Gasteiger partial charge on any atom is -0.853 e. The van der Waals surface area contributed by atoms with E-state index in [1.165, 1.54) is 0 Å². The number of hydrogen-bond acceptors (Lipinski definition) is 2. The van der Waals surface area contributed by atoms with E-state index in [0.29, 0.717) is 13.0 Å². The van der Waals surface area contributed by atoms with Crippen LogP contribution in [0.5, 0.6) is 0 Å². The normalized spacial score (nSPS) is 41.0. The molecule has 2 saturated heterocycles. The van der Waals surface area contributed by atoms with Crippen LogP contribution in [0.4, 0.5) is 4.39 Å². The van der Waals surface area contributed by atoms with Gasteiger partial charge in [-0.1, -0.05) is 0 Å². The molecule has 0 aromatic rings. The first-order valence-electron chi connectivity index (χ1n) is 4.24. The standard InChI is InChI=1S/C8H13FNO.K/c9-7-4-8(6-11)2-1-3-10(8)5-7;/h7H,1-6H2;/q-1;+1. The number of hydrogen-bond donors (Lipinski definition) is 0. The van der Waals surface area contributed by atoms with Crippen LogP contribution in [0, 0.1) is 0 Å². The fourth-order valence-corrected chi connectivity index (χ4v) is 2.45. The van der Waals surface area contributed by atoms with Gasteiger partial charge in [-0.15, -0.1) is 6.61 Å². The topological polar surface area (TPSA) is 26.3 Å². The fourth-order valence-electron chi connectivity index (χ4n) is 2.45. The second kappa shape index (κ2) is 4.34. The van der Waals surface area contributed by atoms with E-state index in [-0.39, 0.29) is 63.5 Å². The molecular formula is C8H13FKNO. The third kappa shape index (κ3) is 1.80. The first-order valence-corrected chi connectivity index (χ1v) is 4.24. The first-order chi connectivity index (χ1) is 5.27. The zero-order valence-corrected chi connectivity index (χ0v) is 10.7. The van der Waals surface area contributed by atoms with Gasteiger partial charge in [0.25, 0.3) is 0 Å². The molecule has 0 aliphatic carbocycles. The summed E-state index contributed by atoms with van der Waals surface area (Å²) in [6.45, 7) is 1.32. The van der Waals surface area contributed by atoms with Crippen LogP contribution in [0.15, 0.2) is 0 Å². The van der Waals surface area contributed by atoms with E-state index in [2.05, 4.69) is 0 Å². The second-order valence-electron chi connectivity index (χ2n) is 3.72. The van der Waals surface area contributed by atoms with E-state index in [0.717, 1.165) is 19.4 Å². The van der Waals surface area contributed by atoms with Crippen molar-refractivity contribution in [3.8, 4) is 0 Å². The largest absolute Gasteiger partial charge is 1.00 e. The Kier molecular flexibility index (Phi) is 4.18. The quantitative estimate of drug-likeness (QED) is 0.417. The van der Waals surface area contributed by atoms with Crippen LogP contribution >= 0.6 is 0 Å². The zero-order valence-electron chi connectivity index (χ0n) is 7.55. The molecule has 0 aromatic carbocycles. The van der Waals surface area contributed by atoms with E-state index in [1.54, 1.807) is 0 Å². The van der Waals surface area contributed by atoms with Crippen molar-refractivity contribution >= 4 is 0 Å². The second-order valence-corrected chi connectivity index (χ2v) is 3.72. The molecule has 4 heteroatoms. The summed E-state index contributed by atoms with van der Waals surface area (Å²) < 4.78 is 12.9. The predicted molar refractivity (Wildman–Crippen MR) is 37.9 cm³/mol. The summed E-state index contributed by atoms with van der Waals surface area (Å²) in [5.41, 5.74) is -0.278. The monoisotopic (exact) mass is 197 g/mol. The predicted octanol–water partition coefficient (Wildman–Crippen LogP) is -3.07. The van der Waals surface area contributed by atoms with Gasteiger partial charge in [-0.05, 0) is 25.8 Å². The maximum Gasteiger partial charge on any atom is 1.00 e. The molecule has 12 heavy (non-hydrogen) atoms. The molecule has 0 aromatic heterocycles. The number of rotatable bonds is 1. The Balaban J connectivity index is 0.000000720. The van der Waals surface area contributed by atoms with E-state index in [4.69, 9.17) is 0 Å². The molecule has 0 amide bonds. The summed E-state index contributed by atoms with van der Waals surface area (Å²) in [7, 11) is 0. The summed E-state index contributed by atoms with van der Waals surface area (Å²) in [5.74, 6) is 0. The van der Waals surface area contributed by atoms with Crippen LogP contribution in [0.3, 0.4) is 0 Å². The van der Waals surface area contributed by atoms with Crippen molar-refractivity contribution in [1.29, 1.82) is 0 Å². The Morgan fingerprint density at radius 1 is 1.58 bits per heavy atom. The summed E-state index contributed by atoms with van der Waals surface area (Å²) in [5, 5.41) is 10.9. The molecule has 64 valence electrons. The average Bonchev–Trinajstić information content (AvgIpc) is 2.43. The Morgan fingerprint density at radius 3 is 2.92 bits per heavy atom. The maximum absolute atomic E-state index is 12.9. The van der Waals surface area contributed by atoms with E-state index < -0.39 is 6.17 Å². The van der Waals surface area contributed by atoms with Crippen molar-refractivity contribution < 1.29 is 60.9 Å². The van der Waals surface area contributed by atoms with Crippen LogP contribution < -0.4 is 56.5 Å². The van der Waals surface area contributed by atoms with Gasteiger partial charge in [0.1, 0.15) is 6.17 Å². The maximum atomic E-state index is 12.9. The Morgan fingerprint density at radius 2 is 2.33 bits per heavy atom. The molecule has 0 saturated carbocycles. The van der Waals surface area contributed by atoms with Crippen LogP contribution in [0.2, 0.25) is 0 Å². The molecule has 0 N–H and O–H groups in total. The molecule has 2 rings (SSSR count). The molecule has 2 atom stereocenters. The van der Waals surface area contributed by atoms with Gasteiger partial charge in [-0.3, -0.25) is 4.90 Å². The van der Waals surface area contributed by atoms with Crippen molar-refractivity contribution in [1.82, 2.24) is 4.90 Å². The van der Waals surface area contributed by atoms with Crippen molar-refractivity contribution in [2.45, 2.75) is 31.0 Å². The molecule has 2 aliphatic heterocycles. The van der Waals surface area contributed by atoms with Crippen LogP contribution in [0.25, 0.3) is 0 Å². The first kappa shape index (κ1) is 11.6. The molecule has 0 radical (unpaired) electrons. The third-order valence-electron chi connectivity index (χ3n) is 3.03. The summed E-state index contributed by atoms with van der Waals surface area (Å²) >= 11 is 0. The summed E-state index contributed by atoms with van der Waals surface area (Å²) in [4.78, 5) is 2.05. The fraction of sp³-hybridized carbons (Fsp3) is 1.00.